The van der Waals surface area contributed by atoms with Crippen LogP contribution in [-0.2, 0) is 7.05 Å². The lowest BCUT2D eigenvalue weighted by Crippen LogP contribution is -2.17. The molecule has 1 aromatic carbocycles. The van der Waals surface area contributed by atoms with E-state index in [0.29, 0.717) is 22.1 Å². The second-order valence-electron chi connectivity index (χ2n) is 5.71. The van der Waals surface area contributed by atoms with Crippen molar-refractivity contribution in [1.29, 1.82) is 0 Å². The lowest BCUT2D eigenvalue weighted by molar-refractivity contribution is 0.101. The molecule has 1 aromatic heterocycles. The number of hydrogen-bond donors (Lipinski definition) is 2. The number of aromatic hydroxyl groups is 1. The fraction of sp³-hybridized carbons (Fsp3) is 0.375. The molecule has 0 saturated heterocycles. The maximum absolute atomic E-state index is 12.5. The van der Waals surface area contributed by atoms with Gasteiger partial charge in [0.25, 0.3) is 5.91 Å². The predicted octanol–water partition coefficient (Wildman–Crippen LogP) is 3.77. The van der Waals surface area contributed by atoms with Gasteiger partial charge in [0, 0.05) is 12.7 Å². The SMILES string of the molecule is Cc1cc(O)c(C(C)C)cc1NC(=O)c1c(Cl)c(C)nn1C. The van der Waals surface area contributed by atoms with Crippen molar-refractivity contribution in [2.24, 2.45) is 7.05 Å². The predicted molar refractivity (Wildman–Crippen MR) is 87.8 cm³/mol. The standard InChI is InChI=1S/C16H20ClN3O2/c1-8(2)11-7-12(9(3)6-13(11)21)18-16(22)15-14(17)10(4)19-20(15)5/h6-8,21H,1-5H3,(H,18,22). The summed E-state index contributed by atoms with van der Waals surface area (Å²) in [4.78, 5) is 12.5. The number of carbonyl (C=O) groups is 1. The Hall–Kier alpha value is -2.01. The highest BCUT2D eigenvalue weighted by molar-refractivity contribution is 6.34. The van der Waals surface area contributed by atoms with E-state index in [-0.39, 0.29) is 17.6 Å². The number of phenols is 1. The molecule has 2 rings (SSSR count). The number of benzene rings is 1. The molecule has 118 valence electrons. The van der Waals surface area contributed by atoms with Crippen LogP contribution in [0, 0.1) is 13.8 Å². The number of rotatable bonds is 3. The van der Waals surface area contributed by atoms with E-state index >= 15 is 0 Å². The highest BCUT2D eigenvalue weighted by Crippen LogP contribution is 2.31. The molecular weight excluding hydrogens is 302 g/mol. The van der Waals surface area contributed by atoms with E-state index in [1.54, 1.807) is 26.1 Å². The van der Waals surface area contributed by atoms with E-state index in [1.165, 1.54) is 4.68 Å². The van der Waals surface area contributed by atoms with Gasteiger partial charge in [0.05, 0.1) is 10.7 Å². The van der Waals surface area contributed by atoms with Crippen molar-refractivity contribution in [3.63, 3.8) is 0 Å². The topological polar surface area (TPSA) is 67.2 Å². The Balaban J connectivity index is 2.38. The fourth-order valence-corrected chi connectivity index (χ4v) is 2.61. The molecular formula is C16H20ClN3O2. The van der Waals surface area contributed by atoms with Crippen molar-refractivity contribution in [2.45, 2.75) is 33.6 Å². The highest BCUT2D eigenvalue weighted by Gasteiger charge is 2.20. The summed E-state index contributed by atoms with van der Waals surface area (Å²) in [6.45, 7) is 7.55. The largest absolute Gasteiger partial charge is 0.508 e. The first-order valence-electron chi connectivity index (χ1n) is 7.06. The molecule has 1 heterocycles. The molecule has 0 radical (unpaired) electrons. The lowest BCUT2D eigenvalue weighted by Gasteiger charge is -2.14. The monoisotopic (exact) mass is 321 g/mol. The third-order valence-electron chi connectivity index (χ3n) is 3.61. The fourth-order valence-electron chi connectivity index (χ4n) is 2.37. The van der Waals surface area contributed by atoms with Gasteiger partial charge in [0.15, 0.2) is 0 Å². The number of amides is 1. The molecule has 2 aromatic rings. The van der Waals surface area contributed by atoms with Crippen molar-refractivity contribution in [3.8, 4) is 5.75 Å². The van der Waals surface area contributed by atoms with Crippen molar-refractivity contribution >= 4 is 23.2 Å². The van der Waals surface area contributed by atoms with Crippen LogP contribution in [0.3, 0.4) is 0 Å². The van der Waals surface area contributed by atoms with Crippen LogP contribution in [0.1, 0.15) is 47.1 Å². The second-order valence-corrected chi connectivity index (χ2v) is 6.08. The van der Waals surface area contributed by atoms with Crippen molar-refractivity contribution in [3.05, 3.63) is 39.7 Å². The normalized spacial score (nSPS) is 11.0. The summed E-state index contributed by atoms with van der Waals surface area (Å²) in [7, 11) is 1.68. The average molecular weight is 322 g/mol. The van der Waals surface area contributed by atoms with Gasteiger partial charge in [0.1, 0.15) is 11.4 Å². The number of carbonyl (C=O) groups excluding carboxylic acids is 1. The van der Waals surface area contributed by atoms with Gasteiger partial charge in [-0.25, -0.2) is 0 Å². The van der Waals surface area contributed by atoms with Crippen LogP contribution in [0.5, 0.6) is 5.75 Å². The summed E-state index contributed by atoms with van der Waals surface area (Å²) >= 11 is 6.14. The third kappa shape index (κ3) is 2.95. The Morgan fingerprint density at radius 1 is 1.36 bits per heavy atom. The molecule has 0 fully saturated rings. The van der Waals surface area contributed by atoms with E-state index in [9.17, 15) is 9.90 Å². The van der Waals surface area contributed by atoms with Gasteiger partial charge >= 0.3 is 0 Å². The summed E-state index contributed by atoms with van der Waals surface area (Å²) in [5.74, 6) is 0.0651. The molecule has 6 heteroatoms. The maximum Gasteiger partial charge on any atom is 0.275 e. The van der Waals surface area contributed by atoms with Crippen LogP contribution in [0.4, 0.5) is 5.69 Å². The van der Waals surface area contributed by atoms with E-state index in [2.05, 4.69) is 10.4 Å². The van der Waals surface area contributed by atoms with Crippen LogP contribution in [0.25, 0.3) is 0 Å². The van der Waals surface area contributed by atoms with E-state index in [0.717, 1.165) is 11.1 Å². The number of nitrogens with zero attached hydrogens (tertiary/aromatic N) is 2. The quantitative estimate of drug-likeness (QED) is 0.846. The number of hydrogen-bond acceptors (Lipinski definition) is 3. The minimum absolute atomic E-state index is 0.152. The van der Waals surface area contributed by atoms with Crippen molar-refractivity contribution in [1.82, 2.24) is 9.78 Å². The molecule has 0 unspecified atom stereocenters. The molecule has 22 heavy (non-hydrogen) atoms. The zero-order valence-electron chi connectivity index (χ0n) is 13.4. The summed E-state index contributed by atoms with van der Waals surface area (Å²) in [6, 6.07) is 3.45. The van der Waals surface area contributed by atoms with Crippen LogP contribution in [-0.4, -0.2) is 20.8 Å². The minimum Gasteiger partial charge on any atom is -0.508 e. The summed E-state index contributed by atoms with van der Waals surface area (Å²) in [5, 5.41) is 17.3. The summed E-state index contributed by atoms with van der Waals surface area (Å²) in [5.41, 5.74) is 3.15. The summed E-state index contributed by atoms with van der Waals surface area (Å²) < 4.78 is 1.46. The number of aromatic nitrogens is 2. The zero-order valence-corrected chi connectivity index (χ0v) is 14.1. The minimum atomic E-state index is -0.323. The Kier molecular flexibility index (Phi) is 4.47. The van der Waals surface area contributed by atoms with Gasteiger partial charge in [0.2, 0.25) is 0 Å². The van der Waals surface area contributed by atoms with Crippen LogP contribution < -0.4 is 5.32 Å². The van der Waals surface area contributed by atoms with Gasteiger partial charge in [-0.05, 0) is 43.0 Å². The molecule has 0 aliphatic carbocycles. The molecule has 0 bridgehead atoms. The molecule has 0 aliphatic rings. The first kappa shape index (κ1) is 16.4. The average Bonchev–Trinajstić information content (AvgIpc) is 2.66. The number of phenolic OH excluding ortho intramolecular Hbond substituents is 1. The van der Waals surface area contributed by atoms with Crippen molar-refractivity contribution in [2.75, 3.05) is 5.32 Å². The molecule has 0 spiro atoms. The second kappa shape index (κ2) is 6.01. The first-order chi connectivity index (χ1) is 10.2. The van der Waals surface area contributed by atoms with E-state index in [4.69, 9.17) is 11.6 Å². The maximum atomic E-state index is 12.5. The lowest BCUT2D eigenvalue weighted by atomic mass is 9.99. The number of anilines is 1. The highest BCUT2D eigenvalue weighted by atomic mass is 35.5. The summed E-state index contributed by atoms with van der Waals surface area (Å²) in [6.07, 6.45) is 0. The van der Waals surface area contributed by atoms with E-state index in [1.807, 2.05) is 20.8 Å². The van der Waals surface area contributed by atoms with Gasteiger partial charge in [-0.3, -0.25) is 9.48 Å². The van der Waals surface area contributed by atoms with Crippen LogP contribution in [0.2, 0.25) is 5.02 Å². The zero-order chi connectivity index (χ0) is 16.6. The number of aryl methyl sites for hydroxylation is 3. The molecule has 0 aliphatic heterocycles. The third-order valence-corrected chi connectivity index (χ3v) is 4.06. The number of nitrogens with one attached hydrogen (secondary N) is 1. The van der Waals surface area contributed by atoms with Crippen molar-refractivity contribution < 1.29 is 9.90 Å². The Bertz CT molecular complexity index is 735. The molecule has 0 saturated carbocycles. The smallest absolute Gasteiger partial charge is 0.275 e. The van der Waals surface area contributed by atoms with E-state index < -0.39 is 0 Å². The van der Waals surface area contributed by atoms with Gasteiger partial charge in [-0.15, -0.1) is 0 Å². The van der Waals surface area contributed by atoms with Gasteiger partial charge < -0.3 is 10.4 Å². The Morgan fingerprint density at radius 3 is 2.50 bits per heavy atom. The first-order valence-corrected chi connectivity index (χ1v) is 7.44. The van der Waals surface area contributed by atoms with Gasteiger partial charge in [-0.2, -0.15) is 5.10 Å². The molecule has 1 amide bonds. The van der Waals surface area contributed by atoms with Gasteiger partial charge in [-0.1, -0.05) is 25.4 Å². The Morgan fingerprint density at radius 2 is 2.00 bits per heavy atom. The molecule has 2 N–H and O–H groups in total. The molecule has 5 nitrogen and oxygen atoms in total. The Labute approximate surface area is 134 Å². The van der Waals surface area contributed by atoms with Crippen LogP contribution in [0.15, 0.2) is 12.1 Å². The molecule has 0 atom stereocenters. The van der Waals surface area contributed by atoms with Crippen LogP contribution >= 0.6 is 11.6 Å². The number of halogens is 1.